The maximum absolute atomic E-state index is 5.72. The zero-order valence-electron chi connectivity index (χ0n) is 13.1. The summed E-state index contributed by atoms with van der Waals surface area (Å²) in [5.41, 5.74) is 1.14. The number of hydrogen-bond donors (Lipinski definition) is 1. The molecule has 5 nitrogen and oxygen atoms in total. The molecule has 0 aromatic carbocycles. The lowest BCUT2D eigenvalue weighted by Crippen LogP contribution is -2.32. The number of nitrogens with one attached hydrogen (secondary N) is 1. The highest BCUT2D eigenvalue weighted by molar-refractivity contribution is 5.58. The average molecular weight is 278 g/mol. The second-order valence-corrected chi connectivity index (χ2v) is 5.48. The Morgan fingerprint density at radius 3 is 2.90 bits per heavy atom. The van der Waals surface area contributed by atoms with E-state index in [1.54, 1.807) is 0 Å². The van der Waals surface area contributed by atoms with Crippen molar-refractivity contribution in [3.63, 3.8) is 0 Å². The summed E-state index contributed by atoms with van der Waals surface area (Å²) in [6.45, 7) is 12.0. The van der Waals surface area contributed by atoms with E-state index >= 15 is 0 Å². The van der Waals surface area contributed by atoms with Crippen LogP contribution >= 0.6 is 0 Å². The molecule has 5 heteroatoms. The maximum Gasteiger partial charge on any atom is 0.137 e. The van der Waals surface area contributed by atoms with Crippen LogP contribution in [0.4, 0.5) is 11.6 Å². The topological polar surface area (TPSA) is 50.3 Å². The van der Waals surface area contributed by atoms with E-state index in [9.17, 15) is 0 Å². The molecule has 0 aliphatic carbocycles. The van der Waals surface area contributed by atoms with Gasteiger partial charge in [-0.25, -0.2) is 9.97 Å². The van der Waals surface area contributed by atoms with Crippen molar-refractivity contribution in [3.8, 4) is 0 Å². The number of anilines is 2. The van der Waals surface area contributed by atoms with Crippen LogP contribution in [0.25, 0.3) is 0 Å². The Morgan fingerprint density at radius 2 is 2.15 bits per heavy atom. The highest BCUT2D eigenvalue weighted by Gasteiger charge is 2.20. The van der Waals surface area contributed by atoms with E-state index in [4.69, 9.17) is 4.74 Å². The van der Waals surface area contributed by atoms with Crippen LogP contribution in [0.3, 0.4) is 0 Å². The van der Waals surface area contributed by atoms with Gasteiger partial charge in [-0.2, -0.15) is 0 Å². The SMILES string of the molecule is CCCNc1nc(C)nc(N2CCCOC(C)C2)c1C. The summed E-state index contributed by atoms with van der Waals surface area (Å²) in [5, 5.41) is 3.40. The molecule has 0 amide bonds. The number of hydrogen-bond acceptors (Lipinski definition) is 5. The van der Waals surface area contributed by atoms with Crippen LogP contribution in [-0.4, -0.2) is 42.3 Å². The zero-order valence-corrected chi connectivity index (χ0v) is 13.1. The molecule has 1 saturated heterocycles. The van der Waals surface area contributed by atoms with Gasteiger partial charge in [0.1, 0.15) is 17.5 Å². The van der Waals surface area contributed by atoms with Gasteiger partial charge in [0, 0.05) is 31.8 Å². The molecular formula is C15H26N4O. The first-order valence-corrected chi connectivity index (χ1v) is 7.57. The van der Waals surface area contributed by atoms with Crippen molar-refractivity contribution in [3.05, 3.63) is 11.4 Å². The van der Waals surface area contributed by atoms with Crippen LogP contribution in [0.15, 0.2) is 0 Å². The first-order valence-electron chi connectivity index (χ1n) is 7.57. The van der Waals surface area contributed by atoms with Gasteiger partial charge >= 0.3 is 0 Å². The van der Waals surface area contributed by atoms with E-state index < -0.39 is 0 Å². The minimum absolute atomic E-state index is 0.249. The molecule has 1 unspecified atom stereocenters. The van der Waals surface area contributed by atoms with Crippen LogP contribution in [0.2, 0.25) is 0 Å². The third-order valence-corrected chi connectivity index (χ3v) is 3.53. The van der Waals surface area contributed by atoms with Gasteiger partial charge < -0.3 is 15.0 Å². The van der Waals surface area contributed by atoms with Crippen LogP contribution in [-0.2, 0) is 4.74 Å². The lowest BCUT2D eigenvalue weighted by atomic mass is 10.2. The van der Waals surface area contributed by atoms with E-state index in [1.807, 2.05) is 6.92 Å². The van der Waals surface area contributed by atoms with Crippen LogP contribution in [0.1, 0.15) is 38.1 Å². The molecule has 0 bridgehead atoms. The molecule has 1 atom stereocenters. The Hall–Kier alpha value is -1.36. The molecule has 20 heavy (non-hydrogen) atoms. The molecule has 0 saturated carbocycles. The Kier molecular flexibility index (Phi) is 5.17. The standard InChI is InChI=1S/C15H26N4O/c1-5-7-16-14-12(3)15(18-13(4)17-14)19-8-6-9-20-11(2)10-19/h11H,5-10H2,1-4H3,(H,16,17,18). The number of aromatic nitrogens is 2. The Balaban J connectivity index is 2.27. The van der Waals surface area contributed by atoms with E-state index in [0.29, 0.717) is 0 Å². The number of rotatable bonds is 4. The lowest BCUT2D eigenvalue weighted by Gasteiger charge is -2.26. The lowest BCUT2D eigenvalue weighted by molar-refractivity contribution is 0.0820. The van der Waals surface area contributed by atoms with Crippen LogP contribution < -0.4 is 10.2 Å². The highest BCUT2D eigenvalue weighted by atomic mass is 16.5. The van der Waals surface area contributed by atoms with Crippen molar-refractivity contribution < 1.29 is 4.74 Å². The molecule has 1 aromatic rings. The summed E-state index contributed by atoms with van der Waals surface area (Å²) in [6, 6.07) is 0. The Labute approximate surface area is 121 Å². The van der Waals surface area contributed by atoms with E-state index in [0.717, 1.165) is 62.1 Å². The van der Waals surface area contributed by atoms with Crippen molar-refractivity contribution in [2.75, 3.05) is 36.5 Å². The van der Waals surface area contributed by atoms with Gasteiger partial charge in [0.2, 0.25) is 0 Å². The van der Waals surface area contributed by atoms with Crippen molar-refractivity contribution in [2.45, 2.75) is 46.6 Å². The molecule has 1 N–H and O–H groups in total. The summed E-state index contributed by atoms with van der Waals surface area (Å²) in [4.78, 5) is 11.5. The van der Waals surface area contributed by atoms with Gasteiger partial charge in [0.15, 0.2) is 0 Å². The summed E-state index contributed by atoms with van der Waals surface area (Å²) in [7, 11) is 0. The predicted octanol–water partition coefficient (Wildman–Crippen LogP) is 2.53. The van der Waals surface area contributed by atoms with Crippen molar-refractivity contribution in [1.82, 2.24) is 9.97 Å². The fraction of sp³-hybridized carbons (Fsp3) is 0.733. The minimum atomic E-state index is 0.249. The fourth-order valence-corrected chi connectivity index (χ4v) is 2.52. The van der Waals surface area contributed by atoms with Gasteiger partial charge in [-0.1, -0.05) is 6.92 Å². The van der Waals surface area contributed by atoms with E-state index in [1.165, 1.54) is 0 Å². The monoisotopic (exact) mass is 278 g/mol. The largest absolute Gasteiger partial charge is 0.377 e. The Bertz CT molecular complexity index is 450. The van der Waals surface area contributed by atoms with Crippen molar-refractivity contribution >= 4 is 11.6 Å². The molecular weight excluding hydrogens is 252 g/mol. The second kappa shape index (κ2) is 6.88. The first-order chi connectivity index (χ1) is 9.61. The third kappa shape index (κ3) is 3.60. The molecule has 1 aliphatic rings. The molecule has 1 fully saturated rings. The zero-order chi connectivity index (χ0) is 14.5. The molecule has 1 aliphatic heterocycles. The van der Waals surface area contributed by atoms with Gasteiger partial charge in [0.25, 0.3) is 0 Å². The smallest absolute Gasteiger partial charge is 0.137 e. The van der Waals surface area contributed by atoms with Crippen molar-refractivity contribution in [2.24, 2.45) is 0 Å². The molecule has 2 rings (SSSR count). The fourth-order valence-electron chi connectivity index (χ4n) is 2.52. The Morgan fingerprint density at radius 1 is 1.35 bits per heavy atom. The average Bonchev–Trinajstić information content (AvgIpc) is 2.64. The van der Waals surface area contributed by atoms with E-state index in [-0.39, 0.29) is 6.10 Å². The van der Waals surface area contributed by atoms with Gasteiger partial charge in [-0.3, -0.25) is 0 Å². The summed E-state index contributed by atoms with van der Waals surface area (Å²) in [5.74, 6) is 2.84. The van der Waals surface area contributed by atoms with Gasteiger partial charge in [0.05, 0.1) is 6.10 Å². The molecule has 0 spiro atoms. The predicted molar refractivity (Wildman–Crippen MR) is 82.5 cm³/mol. The molecule has 2 heterocycles. The van der Waals surface area contributed by atoms with Gasteiger partial charge in [-0.05, 0) is 33.6 Å². The third-order valence-electron chi connectivity index (χ3n) is 3.53. The first kappa shape index (κ1) is 15.0. The molecule has 0 radical (unpaired) electrons. The molecule has 1 aromatic heterocycles. The molecule has 112 valence electrons. The minimum Gasteiger partial charge on any atom is -0.377 e. The number of ether oxygens (including phenoxy) is 1. The summed E-state index contributed by atoms with van der Waals surface area (Å²) >= 11 is 0. The van der Waals surface area contributed by atoms with Gasteiger partial charge in [-0.15, -0.1) is 0 Å². The second-order valence-electron chi connectivity index (χ2n) is 5.48. The normalized spacial score (nSPS) is 19.8. The summed E-state index contributed by atoms with van der Waals surface area (Å²) < 4.78 is 5.72. The maximum atomic E-state index is 5.72. The summed E-state index contributed by atoms with van der Waals surface area (Å²) in [6.07, 6.45) is 2.39. The van der Waals surface area contributed by atoms with Crippen LogP contribution in [0.5, 0.6) is 0 Å². The highest BCUT2D eigenvalue weighted by Crippen LogP contribution is 2.25. The number of nitrogens with zero attached hydrogens (tertiary/aromatic N) is 3. The van der Waals surface area contributed by atoms with Crippen molar-refractivity contribution in [1.29, 1.82) is 0 Å². The van der Waals surface area contributed by atoms with E-state index in [2.05, 4.69) is 41.0 Å². The number of aryl methyl sites for hydroxylation is 1. The van der Waals surface area contributed by atoms with Crippen LogP contribution in [0, 0.1) is 13.8 Å². The quantitative estimate of drug-likeness (QED) is 0.917.